The van der Waals surface area contributed by atoms with Crippen molar-refractivity contribution in [3.8, 4) is 6.07 Å². The highest BCUT2D eigenvalue weighted by Crippen LogP contribution is 2.18. The SMILES string of the molecule is CCN(CC)c1nc(C)cc(Nc2ccc(C#N)cc2)n1. The second kappa shape index (κ2) is 6.71. The van der Waals surface area contributed by atoms with E-state index in [0.717, 1.165) is 36.2 Å². The van der Waals surface area contributed by atoms with Crippen LogP contribution >= 0.6 is 0 Å². The predicted molar refractivity (Wildman–Crippen MR) is 84.8 cm³/mol. The topological polar surface area (TPSA) is 64.8 Å². The van der Waals surface area contributed by atoms with Crippen molar-refractivity contribution in [2.45, 2.75) is 20.8 Å². The van der Waals surface area contributed by atoms with Crippen LogP contribution in [0.1, 0.15) is 25.1 Å². The normalized spacial score (nSPS) is 10.0. The molecule has 0 unspecified atom stereocenters. The molecule has 0 aliphatic heterocycles. The summed E-state index contributed by atoms with van der Waals surface area (Å²) in [6, 6.07) is 11.3. The van der Waals surface area contributed by atoms with E-state index in [2.05, 4.69) is 40.1 Å². The second-order valence-electron chi connectivity index (χ2n) is 4.68. The first-order valence-corrected chi connectivity index (χ1v) is 7.04. The van der Waals surface area contributed by atoms with Crippen LogP contribution in [-0.4, -0.2) is 23.1 Å². The van der Waals surface area contributed by atoms with Gasteiger partial charge in [-0.15, -0.1) is 0 Å². The number of hydrogen-bond donors (Lipinski definition) is 1. The number of rotatable bonds is 5. The number of nitrogens with zero attached hydrogens (tertiary/aromatic N) is 4. The van der Waals surface area contributed by atoms with Gasteiger partial charge in [0.05, 0.1) is 11.6 Å². The molecule has 0 aliphatic carbocycles. The van der Waals surface area contributed by atoms with Gasteiger partial charge < -0.3 is 10.2 Å². The summed E-state index contributed by atoms with van der Waals surface area (Å²) in [4.78, 5) is 11.1. The molecule has 0 amide bonds. The van der Waals surface area contributed by atoms with Gasteiger partial charge in [-0.1, -0.05) is 0 Å². The Morgan fingerprint density at radius 1 is 1.14 bits per heavy atom. The molecule has 2 rings (SSSR count). The molecule has 108 valence electrons. The molecule has 0 spiro atoms. The number of aromatic nitrogens is 2. The molecule has 0 fully saturated rings. The molecule has 1 N–H and O–H groups in total. The first-order chi connectivity index (χ1) is 10.2. The van der Waals surface area contributed by atoms with E-state index in [-0.39, 0.29) is 0 Å². The van der Waals surface area contributed by atoms with Crippen molar-refractivity contribution in [3.05, 3.63) is 41.6 Å². The number of aryl methyl sites for hydroxylation is 1. The van der Waals surface area contributed by atoms with Crippen molar-refractivity contribution in [1.82, 2.24) is 9.97 Å². The van der Waals surface area contributed by atoms with E-state index >= 15 is 0 Å². The number of hydrogen-bond acceptors (Lipinski definition) is 5. The van der Waals surface area contributed by atoms with Gasteiger partial charge in [0.2, 0.25) is 5.95 Å². The van der Waals surface area contributed by atoms with Gasteiger partial charge in [0.15, 0.2) is 0 Å². The van der Waals surface area contributed by atoms with Crippen LogP contribution in [0, 0.1) is 18.3 Å². The van der Waals surface area contributed by atoms with Gasteiger partial charge in [-0.3, -0.25) is 0 Å². The maximum absolute atomic E-state index is 8.81. The lowest BCUT2D eigenvalue weighted by Crippen LogP contribution is -2.24. The minimum absolute atomic E-state index is 0.642. The molecule has 0 saturated heterocycles. The maximum atomic E-state index is 8.81. The molecule has 1 heterocycles. The van der Waals surface area contributed by atoms with Gasteiger partial charge >= 0.3 is 0 Å². The van der Waals surface area contributed by atoms with E-state index < -0.39 is 0 Å². The monoisotopic (exact) mass is 281 g/mol. The minimum Gasteiger partial charge on any atom is -0.341 e. The van der Waals surface area contributed by atoms with Crippen molar-refractivity contribution < 1.29 is 0 Å². The third kappa shape index (κ3) is 3.69. The molecular weight excluding hydrogens is 262 g/mol. The number of nitriles is 1. The fraction of sp³-hybridized carbons (Fsp3) is 0.312. The molecule has 5 heteroatoms. The summed E-state index contributed by atoms with van der Waals surface area (Å²) < 4.78 is 0. The fourth-order valence-corrected chi connectivity index (χ4v) is 2.04. The Balaban J connectivity index is 2.25. The standard InChI is InChI=1S/C16H19N5/c1-4-21(5-2)16-18-12(3)10-15(20-16)19-14-8-6-13(11-17)7-9-14/h6-10H,4-5H2,1-3H3,(H,18,19,20). The molecule has 1 aromatic carbocycles. The zero-order chi connectivity index (χ0) is 15.2. The quantitative estimate of drug-likeness (QED) is 0.911. The molecule has 0 radical (unpaired) electrons. The van der Waals surface area contributed by atoms with Crippen LogP contribution in [0.5, 0.6) is 0 Å². The van der Waals surface area contributed by atoms with Crippen molar-refractivity contribution in [1.29, 1.82) is 5.26 Å². The molecule has 21 heavy (non-hydrogen) atoms. The van der Waals surface area contributed by atoms with Crippen LogP contribution in [0.2, 0.25) is 0 Å². The highest BCUT2D eigenvalue weighted by Gasteiger charge is 2.08. The van der Waals surface area contributed by atoms with Crippen LogP contribution in [0.25, 0.3) is 0 Å². The average Bonchev–Trinajstić information content (AvgIpc) is 2.49. The number of benzene rings is 1. The maximum Gasteiger partial charge on any atom is 0.227 e. The Kier molecular flexibility index (Phi) is 4.72. The van der Waals surface area contributed by atoms with Crippen LogP contribution in [0.15, 0.2) is 30.3 Å². The molecule has 0 saturated carbocycles. The second-order valence-corrected chi connectivity index (χ2v) is 4.68. The zero-order valence-electron chi connectivity index (χ0n) is 12.6. The Morgan fingerprint density at radius 2 is 1.81 bits per heavy atom. The summed E-state index contributed by atoms with van der Waals surface area (Å²) in [5.41, 5.74) is 2.46. The van der Waals surface area contributed by atoms with E-state index in [4.69, 9.17) is 5.26 Å². The summed E-state index contributed by atoms with van der Waals surface area (Å²) in [5.74, 6) is 1.49. The molecule has 0 atom stereocenters. The van der Waals surface area contributed by atoms with E-state index in [9.17, 15) is 0 Å². The van der Waals surface area contributed by atoms with Crippen molar-refractivity contribution in [2.75, 3.05) is 23.3 Å². The summed E-state index contributed by atoms with van der Waals surface area (Å²) in [5, 5.41) is 12.1. The van der Waals surface area contributed by atoms with Gasteiger partial charge in [-0.25, -0.2) is 4.98 Å². The van der Waals surface area contributed by atoms with E-state index in [1.165, 1.54) is 0 Å². The summed E-state index contributed by atoms with van der Waals surface area (Å²) >= 11 is 0. The Hall–Kier alpha value is -2.61. The summed E-state index contributed by atoms with van der Waals surface area (Å²) in [7, 11) is 0. The summed E-state index contributed by atoms with van der Waals surface area (Å²) in [6.45, 7) is 7.87. The highest BCUT2D eigenvalue weighted by atomic mass is 15.3. The van der Waals surface area contributed by atoms with Crippen molar-refractivity contribution in [2.24, 2.45) is 0 Å². The molecular formula is C16H19N5. The lowest BCUT2D eigenvalue weighted by Gasteiger charge is -2.19. The minimum atomic E-state index is 0.642. The number of nitrogens with one attached hydrogen (secondary N) is 1. The van der Waals surface area contributed by atoms with Crippen LogP contribution in [0.3, 0.4) is 0 Å². The first-order valence-electron chi connectivity index (χ1n) is 7.04. The molecule has 0 aliphatic rings. The van der Waals surface area contributed by atoms with E-state index in [1.54, 1.807) is 12.1 Å². The smallest absolute Gasteiger partial charge is 0.227 e. The molecule has 1 aromatic heterocycles. The summed E-state index contributed by atoms with van der Waals surface area (Å²) in [6.07, 6.45) is 0. The van der Waals surface area contributed by atoms with Gasteiger partial charge in [-0.05, 0) is 45.0 Å². The highest BCUT2D eigenvalue weighted by molar-refractivity contribution is 5.58. The van der Waals surface area contributed by atoms with Gasteiger partial charge in [0.1, 0.15) is 5.82 Å². The molecule has 5 nitrogen and oxygen atoms in total. The largest absolute Gasteiger partial charge is 0.341 e. The lowest BCUT2D eigenvalue weighted by atomic mass is 10.2. The Bertz CT molecular complexity index is 639. The Labute approximate surface area is 125 Å². The van der Waals surface area contributed by atoms with E-state index in [1.807, 2.05) is 25.1 Å². The fourth-order valence-electron chi connectivity index (χ4n) is 2.04. The number of anilines is 3. The predicted octanol–water partition coefficient (Wildman–Crippen LogP) is 3.25. The van der Waals surface area contributed by atoms with Crippen LogP contribution < -0.4 is 10.2 Å². The lowest BCUT2D eigenvalue weighted by molar-refractivity contribution is 0.817. The van der Waals surface area contributed by atoms with Gasteiger partial charge in [-0.2, -0.15) is 10.2 Å². The third-order valence-corrected chi connectivity index (χ3v) is 3.18. The average molecular weight is 281 g/mol. The first kappa shape index (κ1) is 14.8. The van der Waals surface area contributed by atoms with Gasteiger partial charge in [0, 0.05) is 30.5 Å². The van der Waals surface area contributed by atoms with Crippen molar-refractivity contribution >= 4 is 17.5 Å². The van der Waals surface area contributed by atoms with Crippen LogP contribution in [-0.2, 0) is 0 Å². The van der Waals surface area contributed by atoms with E-state index in [0.29, 0.717) is 5.56 Å². The van der Waals surface area contributed by atoms with Crippen molar-refractivity contribution in [3.63, 3.8) is 0 Å². The Morgan fingerprint density at radius 3 is 2.38 bits per heavy atom. The zero-order valence-corrected chi connectivity index (χ0v) is 12.6. The molecule has 2 aromatic rings. The third-order valence-electron chi connectivity index (χ3n) is 3.18. The molecule has 0 bridgehead atoms. The van der Waals surface area contributed by atoms with Crippen LogP contribution in [0.4, 0.5) is 17.5 Å². The van der Waals surface area contributed by atoms with Gasteiger partial charge in [0.25, 0.3) is 0 Å².